The first kappa shape index (κ1) is 16.5. The molecule has 1 aliphatic heterocycles. The first-order valence-corrected chi connectivity index (χ1v) is 8.40. The van der Waals surface area contributed by atoms with Crippen LogP contribution in [0.1, 0.15) is 16.1 Å². The first-order chi connectivity index (χ1) is 12.5. The molecule has 132 valence electrons. The first-order valence-electron chi connectivity index (χ1n) is 8.03. The molecule has 0 saturated heterocycles. The fourth-order valence-corrected chi connectivity index (χ4v) is 2.95. The number of fused-ring (bicyclic) bond motifs is 1. The summed E-state index contributed by atoms with van der Waals surface area (Å²) in [5.74, 6) is 1.18. The van der Waals surface area contributed by atoms with E-state index in [1.165, 1.54) is 0 Å². The van der Waals surface area contributed by atoms with Crippen molar-refractivity contribution in [1.29, 1.82) is 0 Å². The molecule has 2 heterocycles. The zero-order valence-corrected chi connectivity index (χ0v) is 15.0. The Morgan fingerprint density at radius 2 is 2.00 bits per heavy atom. The molecule has 0 fully saturated rings. The van der Waals surface area contributed by atoms with E-state index in [2.05, 4.69) is 5.10 Å². The zero-order valence-electron chi connectivity index (χ0n) is 14.3. The summed E-state index contributed by atoms with van der Waals surface area (Å²) in [7, 11) is 1.72. The fraction of sp³-hybridized carbons (Fsp3) is 0.158. The average Bonchev–Trinajstić information content (AvgIpc) is 3.27. The molecule has 0 spiro atoms. The van der Waals surface area contributed by atoms with E-state index in [0.717, 1.165) is 17.1 Å². The van der Waals surface area contributed by atoms with Crippen molar-refractivity contribution in [3.63, 3.8) is 0 Å². The Hall–Kier alpha value is -2.99. The fourth-order valence-electron chi connectivity index (χ4n) is 2.83. The van der Waals surface area contributed by atoms with Crippen LogP contribution in [0.15, 0.2) is 48.7 Å². The molecule has 2 aromatic carbocycles. The molecule has 1 amide bonds. The number of hydrogen-bond donors (Lipinski definition) is 0. The number of anilines is 1. The highest BCUT2D eigenvalue weighted by Crippen LogP contribution is 2.35. The quantitative estimate of drug-likeness (QED) is 0.704. The van der Waals surface area contributed by atoms with Crippen LogP contribution in [0.25, 0.3) is 5.69 Å². The normalized spacial score (nSPS) is 12.3. The van der Waals surface area contributed by atoms with E-state index >= 15 is 0 Å². The lowest BCUT2D eigenvalue weighted by molar-refractivity contribution is 0.0993. The summed E-state index contributed by atoms with van der Waals surface area (Å²) in [6, 6.07) is 12.7. The molecule has 7 heteroatoms. The van der Waals surface area contributed by atoms with Gasteiger partial charge in [0.1, 0.15) is 0 Å². The van der Waals surface area contributed by atoms with E-state index in [-0.39, 0.29) is 12.7 Å². The van der Waals surface area contributed by atoms with Gasteiger partial charge in [-0.3, -0.25) is 4.79 Å². The summed E-state index contributed by atoms with van der Waals surface area (Å²) < 4.78 is 12.4. The third-order valence-electron chi connectivity index (χ3n) is 4.34. The van der Waals surface area contributed by atoms with Gasteiger partial charge in [-0.1, -0.05) is 17.7 Å². The number of carbonyl (C=O) groups excluding carboxylic acids is 1. The van der Waals surface area contributed by atoms with Crippen molar-refractivity contribution in [2.45, 2.75) is 6.92 Å². The molecule has 4 rings (SSSR count). The number of aromatic nitrogens is 2. The molecule has 1 aliphatic rings. The molecule has 0 saturated carbocycles. The van der Waals surface area contributed by atoms with Gasteiger partial charge in [-0.05, 0) is 37.3 Å². The molecule has 0 atom stereocenters. The molecule has 1 aromatic heterocycles. The lowest BCUT2D eigenvalue weighted by atomic mass is 10.1. The predicted molar refractivity (Wildman–Crippen MR) is 98.6 cm³/mol. The lowest BCUT2D eigenvalue weighted by Gasteiger charge is -2.18. The molecule has 0 bridgehead atoms. The van der Waals surface area contributed by atoms with Gasteiger partial charge < -0.3 is 14.4 Å². The topological polar surface area (TPSA) is 56.6 Å². The van der Waals surface area contributed by atoms with E-state index < -0.39 is 0 Å². The number of halogens is 1. The summed E-state index contributed by atoms with van der Waals surface area (Å²) in [6.45, 7) is 2.08. The number of ether oxygens (including phenoxy) is 2. The van der Waals surface area contributed by atoms with Gasteiger partial charge in [0, 0.05) is 24.4 Å². The molecular weight excluding hydrogens is 354 g/mol. The van der Waals surface area contributed by atoms with Crippen molar-refractivity contribution < 1.29 is 14.3 Å². The van der Waals surface area contributed by atoms with Crippen LogP contribution in [-0.4, -0.2) is 29.5 Å². The molecule has 0 aliphatic carbocycles. The second kappa shape index (κ2) is 6.38. The smallest absolute Gasteiger partial charge is 0.258 e. The predicted octanol–water partition coefficient (Wildman–Crippen LogP) is 3.84. The van der Waals surface area contributed by atoms with Crippen molar-refractivity contribution in [3.8, 4) is 17.2 Å². The summed E-state index contributed by atoms with van der Waals surface area (Å²) >= 11 is 6.08. The van der Waals surface area contributed by atoms with Gasteiger partial charge in [0.2, 0.25) is 6.79 Å². The minimum Gasteiger partial charge on any atom is -0.454 e. The molecular formula is C19H16ClN3O3. The lowest BCUT2D eigenvalue weighted by Crippen LogP contribution is -2.26. The third kappa shape index (κ3) is 2.78. The van der Waals surface area contributed by atoms with Crippen molar-refractivity contribution >= 4 is 23.2 Å². The van der Waals surface area contributed by atoms with Crippen LogP contribution in [0.4, 0.5) is 5.69 Å². The van der Waals surface area contributed by atoms with Crippen molar-refractivity contribution in [2.24, 2.45) is 0 Å². The van der Waals surface area contributed by atoms with Crippen LogP contribution in [0, 0.1) is 6.92 Å². The maximum atomic E-state index is 12.9. The standard InChI is InChI=1S/C19H16ClN3O3/c1-12-16(20)10-21-23(12)15-5-3-4-13(8-15)19(24)22(2)14-6-7-17-18(9-14)26-11-25-17/h3-10H,11H2,1-2H3. The van der Waals surface area contributed by atoms with Gasteiger partial charge in [-0.25, -0.2) is 4.68 Å². The summed E-state index contributed by atoms with van der Waals surface area (Å²) in [6.07, 6.45) is 1.59. The molecule has 0 radical (unpaired) electrons. The Labute approximate surface area is 155 Å². The number of nitrogens with zero attached hydrogens (tertiary/aromatic N) is 3. The van der Waals surface area contributed by atoms with Gasteiger partial charge in [0.15, 0.2) is 11.5 Å². The Kier molecular flexibility index (Phi) is 4.05. The summed E-state index contributed by atoms with van der Waals surface area (Å²) in [5, 5.41) is 4.84. The maximum Gasteiger partial charge on any atom is 0.258 e. The van der Waals surface area contributed by atoms with Crippen LogP contribution < -0.4 is 14.4 Å². The SMILES string of the molecule is Cc1c(Cl)cnn1-c1cccc(C(=O)N(C)c2ccc3c(c2)OCO3)c1. The maximum absolute atomic E-state index is 12.9. The summed E-state index contributed by atoms with van der Waals surface area (Å²) in [4.78, 5) is 14.5. The van der Waals surface area contributed by atoms with Crippen LogP contribution in [0.3, 0.4) is 0 Å². The van der Waals surface area contributed by atoms with Crippen molar-refractivity contribution in [2.75, 3.05) is 18.7 Å². The number of hydrogen-bond acceptors (Lipinski definition) is 4. The second-order valence-corrected chi connectivity index (χ2v) is 6.35. The van der Waals surface area contributed by atoms with E-state index in [0.29, 0.717) is 22.1 Å². The highest BCUT2D eigenvalue weighted by atomic mass is 35.5. The Bertz CT molecular complexity index is 999. The molecule has 6 nitrogen and oxygen atoms in total. The van der Waals surface area contributed by atoms with Gasteiger partial charge in [0.05, 0.1) is 22.6 Å². The number of benzene rings is 2. The number of carbonyl (C=O) groups is 1. The molecule has 3 aromatic rings. The summed E-state index contributed by atoms with van der Waals surface area (Å²) in [5.41, 5.74) is 2.87. The van der Waals surface area contributed by atoms with Crippen molar-refractivity contribution in [3.05, 3.63) is 64.9 Å². The minimum atomic E-state index is -0.137. The Morgan fingerprint density at radius 1 is 1.19 bits per heavy atom. The number of rotatable bonds is 3. The third-order valence-corrected chi connectivity index (χ3v) is 4.71. The minimum absolute atomic E-state index is 0.137. The second-order valence-electron chi connectivity index (χ2n) is 5.94. The Morgan fingerprint density at radius 3 is 2.77 bits per heavy atom. The van der Waals surface area contributed by atoms with Crippen LogP contribution in [-0.2, 0) is 0 Å². The average molecular weight is 370 g/mol. The van der Waals surface area contributed by atoms with E-state index in [1.807, 2.05) is 25.1 Å². The van der Waals surface area contributed by atoms with Crippen molar-refractivity contribution in [1.82, 2.24) is 9.78 Å². The largest absolute Gasteiger partial charge is 0.454 e. The van der Waals surface area contributed by atoms with Crippen LogP contribution in [0.2, 0.25) is 5.02 Å². The Balaban J connectivity index is 1.64. The van der Waals surface area contributed by atoms with Gasteiger partial charge in [-0.15, -0.1) is 0 Å². The molecule has 0 N–H and O–H groups in total. The van der Waals surface area contributed by atoms with E-state index in [1.54, 1.807) is 47.1 Å². The van der Waals surface area contributed by atoms with Crippen LogP contribution in [0.5, 0.6) is 11.5 Å². The number of amides is 1. The molecule has 0 unspecified atom stereocenters. The van der Waals surface area contributed by atoms with Gasteiger partial charge in [-0.2, -0.15) is 5.10 Å². The molecule has 26 heavy (non-hydrogen) atoms. The van der Waals surface area contributed by atoms with Gasteiger partial charge >= 0.3 is 0 Å². The van der Waals surface area contributed by atoms with Crippen LogP contribution >= 0.6 is 11.6 Å². The highest BCUT2D eigenvalue weighted by molar-refractivity contribution is 6.31. The zero-order chi connectivity index (χ0) is 18.3. The van der Waals surface area contributed by atoms with Gasteiger partial charge in [0.25, 0.3) is 5.91 Å². The van der Waals surface area contributed by atoms with E-state index in [9.17, 15) is 4.79 Å². The highest BCUT2D eigenvalue weighted by Gasteiger charge is 2.19. The monoisotopic (exact) mass is 369 g/mol. The van der Waals surface area contributed by atoms with E-state index in [4.69, 9.17) is 21.1 Å².